The lowest BCUT2D eigenvalue weighted by Crippen LogP contribution is -2.56. The van der Waals surface area contributed by atoms with Crippen LogP contribution in [0.25, 0.3) is 33.6 Å². The summed E-state index contributed by atoms with van der Waals surface area (Å²) in [5.74, 6) is 1.36. The Kier molecular flexibility index (Phi) is 9.43. The van der Waals surface area contributed by atoms with E-state index in [0.717, 1.165) is 54.0 Å². The molecule has 3 N–H and O–H groups in total. The minimum absolute atomic E-state index is 0.0555. The number of aromatic nitrogens is 3. The number of halogens is 2. The highest BCUT2D eigenvalue weighted by molar-refractivity contribution is 6.39. The summed E-state index contributed by atoms with van der Waals surface area (Å²) < 4.78 is 11.4. The van der Waals surface area contributed by atoms with Crippen LogP contribution in [0.2, 0.25) is 10.0 Å². The van der Waals surface area contributed by atoms with Crippen LogP contribution in [0.5, 0.6) is 11.6 Å². The molecule has 1 spiro atoms. The predicted octanol–water partition coefficient (Wildman–Crippen LogP) is 4.89. The summed E-state index contributed by atoms with van der Waals surface area (Å²) in [6.45, 7) is 4.30. The Balaban J connectivity index is 1.10. The Morgan fingerprint density at radius 3 is 2.55 bits per heavy atom. The van der Waals surface area contributed by atoms with Crippen LogP contribution in [0.4, 0.5) is 0 Å². The lowest BCUT2D eigenvalue weighted by Gasteiger charge is -2.47. The number of methoxy groups -OCH3 is 2. The first-order valence-electron chi connectivity index (χ1n) is 16.3. The summed E-state index contributed by atoms with van der Waals surface area (Å²) in [5, 5.41) is 10.2. The summed E-state index contributed by atoms with van der Waals surface area (Å²) in [7, 11) is 3.22. The Morgan fingerprint density at radius 1 is 1.00 bits per heavy atom. The van der Waals surface area contributed by atoms with Crippen LogP contribution in [-0.4, -0.2) is 78.1 Å². The molecule has 2 amide bonds. The van der Waals surface area contributed by atoms with E-state index in [4.69, 9.17) is 37.7 Å². The van der Waals surface area contributed by atoms with Crippen LogP contribution in [0.15, 0.2) is 54.9 Å². The van der Waals surface area contributed by atoms with Crippen LogP contribution in [0.1, 0.15) is 30.5 Å². The summed E-state index contributed by atoms with van der Waals surface area (Å²) in [4.78, 5) is 39.6. The average Bonchev–Trinajstić information content (AvgIpc) is 3.70. The molecule has 7 rings (SSSR count). The van der Waals surface area contributed by atoms with E-state index in [1.165, 1.54) is 0 Å². The zero-order valence-electron chi connectivity index (χ0n) is 27.3. The zero-order valence-corrected chi connectivity index (χ0v) is 28.8. The number of benzene rings is 1. The van der Waals surface area contributed by atoms with Crippen molar-refractivity contribution in [2.75, 3.05) is 40.4 Å². The van der Waals surface area contributed by atoms with E-state index < -0.39 is 0 Å². The van der Waals surface area contributed by atoms with E-state index >= 15 is 0 Å². The largest absolute Gasteiger partial charge is 0.495 e. The van der Waals surface area contributed by atoms with Gasteiger partial charge in [0.2, 0.25) is 17.7 Å². The van der Waals surface area contributed by atoms with Crippen molar-refractivity contribution in [1.29, 1.82) is 0 Å². The van der Waals surface area contributed by atoms with E-state index in [1.54, 1.807) is 26.6 Å². The van der Waals surface area contributed by atoms with Gasteiger partial charge in [0.1, 0.15) is 5.75 Å². The van der Waals surface area contributed by atoms with Gasteiger partial charge in [-0.2, -0.15) is 0 Å². The molecule has 254 valence electrons. The first-order valence-corrected chi connectivity index (χ1v) is 17.0. The van der Waals surface area contributed by atoms with Crippen molar-refractivity contribution in [3.63, 3.8) is 0 Å². The number of likely N-dealkylation sites (tertiary alicyclic amines) is 1. The fourth-order valence-corrected chi connectivity index (χ4v) is 7.69. The fourth-order valence-electron chi connectivity index (χ4n) is 7.04. The van der Waals surface area contributed by atoms with Gasteiger partial charge in [-0.05, 0) is 24.6 Å². The number of hydrogen-bond donors (Lipinski definition) is 3. The summed E-state index contributed by atoms with van der Waals surface area (Å²) in [5.41, 5.74) is 5.90. The molecule has 4 aromatic rings. The molecule has 13 heteroatoms. The molecule has 0 radical (unpaired) electrons. The Labute approximate surface area is 294 Å². The number of nitrogens with one attached hydrogen (secondary N) is 3. The van der Waals surface area contributed by atoms with Gasteiger partial charge in [-0.15, -0.1) is 0 Å². The van der Waals surface area contributed by atoms with Gasteiger partial charge in [0, 0.05) is 104 Å². The molecule has 3 fully saturated rings. The number of pyridine rings is 3. The molecule has 0 bridgehead atoms. The highest BCUT2D eigenvalue weighted by Gasteiger charge is 2.48. The van der Waals surface area contributed by atoms with Gasteiger partial charge in [-0.1, -0.05) is 47.5 Å². The van der Waals surface area contributed by atoms with E-state index in [9.17, 15) is 9.59 Å². The van der Waals surface area contributed by atoms with Crippen LogP contribution >= 0.6 is 23.2 Å². The molecule has 3 aliphatic heterocycles. The predicted molar refractivity (Wildman–Crippen MR) is 187 cm³/mol. The molecule has 0 unspecified atom stereocenters. The molecular formula is C36H37Cl2N7O4. The van der Waals surface area contributed by atoms with Crippen molar-refractivity contribution >= 4 is 35.0 Å². The summed E-state index contributed by atoms with van der Waals surface area (Å²) in [6, 6.07) is 13.6. The minimum atomic E-state index is 0.0555. The smallest absolute Gasteiger partial charge is 0.220 e. The Morgan fingerprint density at radius 2 is 1.82 bits per heavy atom. The van der Waals surface area contributed by atoms with Gasteiger partial charge >= 0.3 is 0 Å². The number of carbonyl (C=O) groups is 2. The standard InChI is InChI=1S/C36H37Cl2N7O4/c1-48-29-12-22(14-41-28(29)16-39-15-23-7-9-30(46)43-23)34-33(38)25(10-11-40-34)24-4-3-5-26(32(24)37)27-8-6-21(35(44-27)49-2)17-45-19-36(20-45)13-31(47)42-18-36/h3-6,8,10-12,14,23,39H,7,9,13,15-20H2,1-2H3,(H,42,47)(H,43,46)/t23-/m0/s1. The molecule has 3 saturated heterocycles. The van der Waals surface area contributed by atoms with Crippen molar-refractivity contribution in [2.24, 2.45) is 5.41 Å². The van der Waals surface area contributed by atoms with Crippen molar-refractivity contribution in [3.05, 3.63) is 76.2 Å². The summed E-state index contributed by atoms with van der Waals surface area (Å²) >= 11 is 14.1. The lowest BCUT2D eigenvalue weighted by molar-refractivity contribution is -0.121. The quantitative estimate of drug-likeness (QED) is 0.200. The Hall–Kier alpha value is -4.29. The average molecular weight is 703 g/mol. The molecule has 0 aliphatic carbocycles. The van der Waals surface area contributed by atoms with Gasteiger partial charge in [-0.25, -0.2) is 4.98 Å². The first kappa shape index (κ1) is 33.2. The lowest BCUT2D eigenvalue weighted by atomic mass is 9.79. The zero-order chi connectivity index (χ0) is 34.1. The van der Waals surface area contributed by atoms with Crippen LogP contribution < -0.4 is 25.4 Å². The number of hydrogen-bond acceptors (Lipinski definition) is 9. The van der Waals surface area contributed by atoms with Gasteiger partial charge in [0.25, 0.3) is 0 Å². The van der Waals surface area contributed by atoms with Crippen molar-refractivity contribution < 1.29 is 19.1 Å². The third-order valence-corrected chi connectivity index (χ3v) is 10.3. The van der Waals surface area contributed by atoms with Crippen LogP contribution in [-0.2, 0) is 22.7 Å². The third-order valence-electron chi connectivity index (χ3n) is 9.49. The van der Waals surface area contributed by atoms with E-state index in [2.05, 4.69) is 30.8 Å². The number of rotatable bonds is 11. The van der Waals surface area contributed by atoms with Crippen LogP contribution in [0.3, 0.4) is 0 Å². The van der Waals surface area contributed by atoms with Gasteiger partial charge in [-0.3, -0.25) is 24.5 Å². The monoisotopic (exact) mass is 701 g/mol. The van der Waals surface area contributed by atoms with Crippen molar-refractivity contribution in [1.82, 2.24) is 35.8 Å². The number of ether oxygens (including phenoxy) is 2. The van der Waals surface area contributed by atoms with E-state index in [1.807, 2.05) is 42.5 Å². The summed E-state index contributed by atoms with van der Waals surface area (Å²) in [6.07, 6.45) is 5.41. The second-order valence-corrected chi connectivity index (χ2v) is 13.7. The molecule has 1 atom stereocenters. The van der Waals surface area contributed by atoms with Gasteiger partial charge in [0.05, 0.1) is 41.3 Å². The molecule has 3 aromatic heterocycles. The highest BCUT2D eigenvalue weighted by atomic mass is 35.5. The molecule has 0 saturated carbocycles. The SMILES string of the molecule is COc1cc(-c2nccc(-c3cccc(-c4ccc(CN5CC6(CNC(=O)C6)C5)c(OC)n4)c3Cl)c2Cl)cnc1CNC[C@@H]1CCC(=O)N1. The molecule has 11 nitrogen and oxygen atoms in total. The topological polar surface area (TPSA) is 131 Å². The first-order chi connectivity index (χ1) is 23.8. The maximum absolute atomic E-state index is 11.7. The molecule has 3 aliphatic rings. The minimum Gasteiger partial charge on any atom is -0.495 e. The second-order valence-electron chi connectivity index (χ2n) is 13.0. The van der Waals surface area contributed by atoms with E-state index in [-0.39, 0.29) is 23.3 Å². The molecular weight excluding hydrogens is 665 g/mol. The normalized spacial score (nSPS) is 18.3. The number of amides is 2. The van der Waals surface area contributed by atoms with Gasteiger partial charge in [0.15, 0.2) is 0 Å². The third kappa shape index (κ3) is 6.81. The van der Waals surface area contributed by atoms with Crippen molar-refractivity contribution in [3.8, 4) is 45.3 Å². The maximum atomic E-state index is 11.7. The van der Waals surface area contributed by atoms with Crippen molar-refractivity contribution in [2.45, 2.75) is 38.4 Å². The Bertz CT molecular complexity index is 1920. The molecule has 49 heavy (non-hydrogen) atoms. The molecule has 1 aromatic carbocycles. The molecule has 6 heterocycles. The van der Waals surface area contributed by atoms with Gasteiger partial charge < -0.3 is 25.4 Å². The number of carbonyl (C=O) groups excluding carboxylic acids is 2. The highest BCUT2D eigenvalue weighted by Crippen LogP contribution is 2.43. The second kappa shape index (κ2) is 13.9. The van der Waals surface area contributed by atoms with E-state index in [0.29, 0.717) is 71.1 Å². The number of nitrogens with zero attached hydrogens (tertiary/aromatic N) is 4. The maximum Gasteiger partial charge on any atom is 0.220 e. The van der Waals surface area contributed by atoms with Crippen LogP contribution in [0, 0.1) is 5.41 Å². The fraction of sp³-hybridized carbons (Fsp3) is 0.361.